The SMILES string of the molecule is COCCc1ccc(S(=O)(=O)N(C)CC(=O)O)cc1. The number of carboxylic acids is 1. The Labute approximate surface area is 112 Å². The minimum absolute atomic E-state index is 0.0809. The van der Waals surface area contributed by atoms with Gasteiger partial charge in [-0.05, 0) is 24.1 Å². The van der Waals surface area contributed by atoms with Crippen molar-refractivity contribution >= 4 is 16.0 Å². The highest BCUT2D eigenvalue weighted by Gasteiger charge is 2.22. The number of carboxylic acid groups (broad SMARTS) is 1. The fourth-order valence-corrected chi connectivity index (χ4v) is 2.62. The molecule has 1 N–H and O–H groups in total. The number of likely N-dealkylation sites (N-methyl/N-ethyl adjacent to an activating group) is 1. The number of rotatable bonds is 7. The van der Waals surface area contributed by atoms with E-state index in [9.17, 15) is 13.2 Å². The maximum absolute atomic E-state index is 12.0. The molecule has 1 rings (SSSR count). The summed E-state index contributed by atoms with van der Waals surface area (Å²) in [6.07, 6.45) is 0.696. The molecule has 0 aliphatic rings. The minimum Gasteiger partial charge on any atom is -0.480 e. The molecule has 0 bridgehead atoms. The van der Waals surface area contributed by atoms with E-state index in [0.717, 1.165) is 9.87 Å². The summed E-state index contributed by atoms with van der Waals surface area (Å²) in [7, 11) is -0.915. The molecule has 0 saturated carbocycles. The maximum Gasteiger partial charge on any atom is 0.318 e. The molecule has 0 aromatic heterocycles. The van der Waals surface area contributed by atoms with E-state index in [2.05, 4.69) is 0 Å². The van der Waals surface area contributed by atoms with Crippen molar-refractivity contribution in [2.45, 2.75) is 11.3 Å². The van der Waals surface area contributed by atoms with Crippen LogP contribution in [0.3, 0.4) is 0 Å². The van der Waals surface area contributed by atoms with Gasteiger partial charge in [0.25, 0.3) is 0 Å². The molecular formula is C12H17NO5S. The van der Waals surface area contributed by atoms with Crippen LogP contribution >= 0.6 is 0 Å². The zero-order valence-electron chi connectivity index (χ0n) is 10.9. The second-order valence-corrected chi connectivity index (χ2v) is 6.09. The first-order valence-corrected chi connectivity index (χ1v) is 7.08. The lowest BCUT2D eigenvalue weighted by molar-refractivity contribution is -0.137. The molecule has 0 amide bonds. The van der Waals surface area contributed by atoms with Crippen LogP contribution in [0.25, 0.3) is 0 Å². The van der Waals surface area contributed by atoms with Crippen molar-refractivity contribution in [1.29, 1.82) is 0 Å². The van der Waals surface area contributed by atoms with E-state index in [4.69, 9.17) is 9.84 Å². The zero-order chi connectivity index (χ0) is 14.5. The maximum atomic E-state index is 12.0. The first-order valence-electron chi connectivity index (χ1n) is 5.64. The number of benzene rings is 1. The normalized spacial score (nSPS) is 11.7. The third-order valence-electron chi connectivity index (χ3n) is 2.58. The van der Waals surface area contributed by atoms with Crippen molar-refractivity contribution in [3.05, 3.63) is 29.8 Å². The van der Waals surface area contributed by atoms with E-state index >= 15 is 0 Å². The van der Waals surface area contributed by atoms with Crippen LogP contribution in [0.4, 0.5) is 0 Å². The number of aliphatic carboxylic acids is 1. The quantitative estimate of drug-likeness (QED) is 0.793. The number of nitrogens with zero attached hydrogens (tertiary/aromatic N) is 1. The van der Waals surface area contributed by atoms with Gasteiger partial charge in [0, 0.05) is 14.2 Å². The predicted octanol–water partition coefficient (Wildman–Crippen LogP) is 0.581. The van der Waals surface area contributed by atoms with Crippen molar-refractivity contribution in [3.63, 3.8) is 0 Å². The van der Waals surface area contributed by atoms with Gasteiger partial charge in [0.2, 0.25) is 10.0 Å². The van der Waals surface area contributed by atoms with Gasteiger partial charge < -0.3 is 9.84 Å². The summed E-state index contributed by atoms with van der Waals surface area (Å²) >= 11 is 0. The van der Waals surface area contributed by atoms with Crippen LogP contribution in [-0.2, 0) is 26.0 Å². The summed E-state index contributed by atoms with van der Waals surface area (Å²) in [5, 5.41) is 8.62. The Morgan fingerprint density at radius 2 is 1.89 bits per heavy atom. The highest BCUT2D eigenvalue weighted by molar-refractivity contribution is 7.89. The Morgan fingerprint density at radius 3 is 2.37 bits per heavy atom. The summed E-state index contributed by atoms with van der Waals surface area (Å²) in [5.74, 6) is -1.19. The van der Waals surface area contributed by atoms with Crippen molar-refractivity contribution in [1.82, 2.24) is 4.31 Å². The van der Waals surface area contributed by atoms with E-state index in [-0.39, 0.29) is 4.90 Å². The Bertz CT molecular complexity index is 524. The van der Waals surface area contributed by atoms with E-state index in [1.807, 2.05) is 0 Å². The van der Waals surface area contributed by atoms with Gasteiger partial charge >= 0.3 is 5.97 Å². The van der Waals surface area contributed by atoms with E-state index < -0.39 is 22.5 Å². The van der Waals surface area contributed by atoms with Crippen molar-refractivity contribution in [2.24, 2.45) is 0 Å². The van der Waals surface area contributed by atoms with Crippen LogP contribution in [0, 0.1) is 0 Å². The van der Waals surface area contributed by atoms with E-state index in [1.165, 1.54) is 19.2 Å². The largest absolute Gasteiger partial charge is 0.480 e. The van der Waals surface area contributed by atoms with Crippen molar-refractivity contribution < 1.29 is 23.1 Å². The molecule has 0 fully saturated rings. The van der Waals surface area contributed by atoms with Crippen LogP contribution in [-0.4, -0.2) is 51.1 Å². The third kappa shape index (κ3) is 4.30. The molecule has 0 spiro atoms. The summed E-state index contributed by atoms with van der Waals surface area (Å²) < 4.78 is 29.8. The predicted molar refractivity (Wildman–Crippen MR) is 69.5 cm³/mol. The van der Waals surface area contributed by atoms with Gasteiger partial charge in [-0.2, -0.15) is 4.31 Å². The van der Waals surface area contributed by atoms with Crippen LogP contribution in [0.5, 0.6) is 0 Å². The molecular weight excluding hydrogens is 270 g/mol. The number of ether oxygens (including phenoxy) is 1. The van der Waals surface area contributed by atoms with Gasteiger partial charge in [-0.1, -0.05) is 12.1 Å². The van der Waals surface area contributed by atoms with Crippen LogP contribution in [0.15, 0.2) is 29.2 Å². The Morgan fingerprint density at radius 1 is 1.32 bits per heavy atom. The van der Waals surface area contributed by atoms with Gasteiger partial charge in [-0.3, -0.25) is 4.79 Å². The fourth-order valence-electron chi connectivity index (χ4n) is 1.50. The molecule has 0 radical (unpaired) electrons. The summed E-state index contributed by atoms with van der Waals surface area (Å²) in [6.45, 7) is -0.00122. The molecule has 0 heterocycles. The average Bonchev–Trinajstić information content (AvgIpc) is 2.36. The summed E-state index contributed by atoms with van der Waals surface area (Å²) in [4.78, 5) is 10.6. The molecule has 0 aliphatic carbocycles. The van der Waals surface area contributed by atoms with Gasteiger partial charge in [0.05, 0.1) is 11.5 Å². The molecule has 6 nitrogen and oxygen atoms in total. The van der Waals surface area contributed by atoms with E-state index in [0.29, 0.717) is 13.0 Å². The van der Waals surface area contributed by atoms with Crippen LogP contribution in [0.2, 0.25) is 0 Å². The molecule has 106 valence electrons. The van der Waals surface area contributed by atoms with Crippen LogP contribution < -0.4 is 0 Å². The molecule has 1 aromatic rings. The van der Waals surface area contributed by atoms with Gasteiger partial charge in [0.1, 0.15) is 6.54 Å². The molecule has 0 aliphatic heterocycles. The molecule has 0 atom stereocenters. The topological polar surface area (TPSA) is 83.9 Å². The third-order valence-corrected chi connectivity index (χ3v) is 4.40. The lowest BCUT2D eigenvalue weighted by Gasteiger charge is -2.15. The summed E-state index contributed by atoms with van der Waals surface area (Å²) in [6, 6.07) is 6.33. The Hall–Kier alpha value is -1.44. The molecule has 19 heavy (non-hydrogen) atoms. The van der Waals surface area contributed by atoms with Crippen molar-refractivity contribution in [2.75, 3.05) is 27.3 Å². The zero-order valence-corrected chi connectivity index (χ0v) is 11.7. The number of methoxy groups -OCH3 is 1. The Kier molecular flexibility index (Phi) is 5.46. The number of carbonyl (C=O) groups is 1. The minimum atomic E-state index is -3.75. The first kappa shape index (κ1) is 15.6. The monoisotopic (exact) mass is 287 g/mol. The second-order valence-electron chi connectivity index (χ2n) is 4.04. The lowest BCUT2D eigenvalue weighted by Crippen LogP contribution is -2.32. The standard InChI is InChI=1S/C12H17NO5S/c1-13(9-12(14)15)19(16,17)11-5-3-10(4-6-11)7-8-18-2/h3-6H,7-9H2,1-2H3,(H,14,15). The van der Waals surface area contributed by atoms with Gasteiger partial charge in [-0.25, -0.2) is 8.42 Å². The molecule has 7 heteroatoms. The second kappa shape index (κ2) is 6.65. The average molecular weight is 287 g/mol. The number of hydrogen-bond donors (Lipinski definition) is 1. The van der Waals surface area contributed by atoms with Crippen LogP contribution in [0.1, 0.15) is 5.56 Å². The fraction of sp³-hybridized carbons (Fsp3) is 0.417. The van der Waals surface area contributed by atoms with E-state index in [1.54, 1.807) is 19.2 Å². The van der Waals surface area contributed by atoms with Crippen molar-refractivity contribution in [3.8, 4) is 0 Å². The molecule has 0 saturated heterocycles. The smallest absolute Gasteiger partial charge is 0.318 e. The molecule has 1 aromatic carbocycles. The molecule has 0 unspecified atom stereocenters. The first-order chi connectivity index (χ1) is 8.87. The summed E-state index contributed by atoms with van der Waals surface area (Å²) in [5.41, 5.74) is 0.960. The highest BCUT2D eigenvalue weighted by atomic mass is 32.2. The number of hydrogen-bond acceptors (Lipinski definition) is 4. The Balaban J connectivity index is 2.87. The van der Waals surface area contributed by atoms with Gasteiger partial charge in [0.15, 0.2) is 0 Å². The number of sulfonamides is 1. The lowest BCUT2D eigenvalue weighted by atomic mass is 10.2. The highest BCUT2D eigenvalue weighted by Crippen LogP contribution is 2.15. The van der Waals surface area contributed by atoms with Gasteiger partial charge in [-0.15, -0.1) is 0 Å².